The predicted molar refractivity (Wildman–Crippen MR) is 183 cm³/mol. The molecule has 0 spiro atoms. The van der Waals surface area contributed by atoms with Crippen LogP contribution in [0, 0.1) is 0 Å². The van der Waals surface area contributed by atoms with Crippen molar-refractivity contribution in [2.75, 3.05) is 4.90 Å². The van der Waals surface area contributed by atoms with Crippen molar-refractivity contribution in [3.63, 3.8) is 0 Å². The second-order valence-electron chi connectivity index (χ2n) is 11.2. The van der Waals surface area contributed by atoms with Gasteiger partial charge in [-0.25, -0.2) is 4.98 Å². The van der Waals surface area contributed by atoms with Crippen molar-refractivity contribution in [3.05, 3.63) is 157 Å². The zero-order chi connectivity index (χ0) is 29.0. The quantitative estimate of drug-likeness (QED) is 0.214. The van der Waals surface area contributed by atoms with Crippen molar-refractivity contribution in [1.29, 1.82) is 0 Å². The Morgan fingerprint density at radius 1 is 0.500 bits per heavy atom. The van der Waals surface area contributed by atoms with Crippen molar-refractivity contribution >= 4 is 50.2 Å². The lowest BCUT2D eigenvalue weighted by molar-refractivity contribution is 0.669. The van der Waals surface area contributed by atoms with E-state index >= 15 is 0 Å². The van der Waals surface area contributed by atoms with E-state index in [-0.39, 0.29) is 0 Å². The van der Waals surface area contributed by atoms with Gasteiger partial charge in [-0.1, -0.05) is 103 Å². The molecule has 0 saturated carbocycles. The fourth-order valence-electron chi connectivity index (χ4n) is 6.53. The maximum atomic E-state index is 6.25. The average molecular weight is 563 g/mol. The first-order valence-corrected chi connectivity index (χ1v) is 14.9. The molecule has 206 valence electrons. The number of fused-ring (bicyclic) bond motifs is 4. The molecular formula is C41H26N2O. The Balaban J connectivity index is 1.14. The van der Waals surface area contributed by atoms with Crippen LogP contribution in [-0.2, 0) is 0 Å². The minimum Gasteiger partial charge on any atom is -0.456 e. The largest absolute Gasteiger partial charge is 0.456 e. The van der Waals surface area contributed by atoms with Gasteiger partial charge in [0.05, 0.1) is 17.1 Å². The van der Waals surface area contributed by atoms with Crippen LogP contribution in [0.25, 0.3) is 72.4 Å². The minimum atomic E-state index is 0.919. The Morgan fingerprint density at radius 2 is 1.18 bits per heavy atom. The molecule has 6 aromatic carbocycles. The van der Waals surface area contributed by atoms with E-state index in [1.54, 1.807) is 0 Å². The summed E-state index contributed by atoms with van der Waals surface area (Å²) >= 11 is 0. The predicted octanol–water partition coefficient (Wildman–Crippen LogP) is 11.3. The standard InChI is InChI=1S/C41H26N2O/c1-3-10-27(11-4-1)31-24-35(28-12-5-2-6-13-28)42-36(25-31)29-18-20-32(21-19-29)43-23-22-34-40-30(14-9-16-37(40)43)26-39-41(34)33-15-7-8-17-38(33)44-39/h1-26H. The van der Waals surface area contributed by atoms with Gasteiger partial charge in [-0.05, 0) is 70.6 Å². The lowest BCUT2D eigenvalue weighted by atomic mass is 9.94. The molecule has 0 fully saturated rings. The summed E-state index contributed by atoms with van der Waals surface area (Å²) in [5, 5.41) is 4.73. The normalized spacial score (nSPS) is 12.4. The fourth-order valence-corrected chi connectivity index (χ4v) is 6.53. The molecule has 0 aliphatic carbocycles. The molecule has 1 aliphatic rings. The summed E-state index contributed by atoms with van der Waals surface area (Å²) in [6.07, 6.45) is 4.40. The number of rotatable bonds is 4. The van der Waals surface area contributed by atoms with E-state index in [0.29, 0.717) is 0 Å². The maximum Gasteiger partial charge on any atom is 0.136 e. The van der Waals surface area contributed by atoms with Crippen LogP contribution in [0.4, 0.5) is 11.4 Å². The van der Waals surface area contributed by atoms with Gasteiger partial charge in [-0.15, -0.1) is 0 Å². The molecule has 0 N–H and O–H groups in total. The Morgan fingerprint density at radius 3 is 1.95 bits per heavy atom. The molecular weight excluding hydrogens is 536 g/mol. The zero-order valence-electron chi connectivity index (χ0n) is 23.8. The van der Waals surface area contributed by atoms with Crippen LogP contribution in [0.1, 0.15) is 5.56 Å². The van der Waals surface area contributed by atoms with Crippen LogP contribution < -0.4 is 4.90 Å². The fraction of sp³-hybridized carbons (Fsp3) is 0. The van der Waals surface area contributed by atoms with Gasteiger partial charge in [-0.3, -0.25) is 0 Å². The van der Waals surface area contributed by atoms with Crippen LogP contribution in [0.2, 0.25) is 0 Å². The summed E-state index contributed by atoms with van der Waals surface area (Å²) < 4.78 is 6.25. The zero-order valence-corrected chi connectivity index (χ0v) is 23.8. The molecule has 8 aromatic rings. The van der Waals surface area contributed by atoms with Crippen LogP contribution in [0.3, 0.4) is 0 Å². The van der Waals surface area contributed by atoms with Crippen molar-refractivity contribution in [2.45, 2.75) is 0 Å². The molecule has 44 heavy (non-hydrogen) atoms. The van der Waals surface area contributed by atoms with E-state index in [1.165, 1.54) is 27.3 Å². The Kier molecular flexibility index (Phi) is 5.50. The van der Waals surface area contributed by atoms with Crippen molar-refractivity contribution in [2.24, 2.45) is 0 Å². The van der Waals surface area contributed by atoms with E-state index < -0.39 is 0 Å². The lowest BCUT2D eigenvalue weighted by Crippen LogP contribution is -2.11. The molecule has 1 aliphatic heterocycles. The Labute approximate surface area is 255 Å². The number of nitrogens with zero attached hydrogens (tertiary/aromatic N) is 2. The average Bonchev–Trinajstić information content (AvgIpc) is 3.48. The number of benzene rings is 6. The van der Waals surface area contributed by atoms with Crippen LogP contribution >= 0.6 is 0 Å². The van der Waals surface area contributed by atoms with E-state index in [9.17, 15) is 0 Å². The molecule has 0 radical (unpaired) electrons. The summed E-state index contributed by atoms with van der Waals surface area (Å²) in [4.78, 5) is 7.39. The molecule has 0 atom stereocenters. The van der Waals surface area contributed by atoms with Gasteiger partial charge in [0.15, 0.2) is 0 Å². The number of hydrogen-bond acceptors (Lipinski definition) is 3. The second kappa shape index (κ2) is 9.82. The van der Waals surface area contributed by atoms with Crippen LogP contribution in [0.5, 0.6) is 0 Å². The Bertz CT molecular complexity index is 2310. The first kappa shape index (κ1) is 24.6. The topological polar surface area (TPSA) is 29.3 Å². The van der Waals surface area contributed by atoms with E-state index in [4.69, 9.17) is 9.40 Å². The third-order valence-electron chi connectivity index (χ3n) is 8.62. The molecule has 0 unspecified atom stereocenters. The van der Waals surface area contributed by atoms with Gasteiger partial charge in [0, 0.05) is 39.2 Å². The molecule has 3 heterocycles. The van der Waals surface area contributed by atoms with Gasteiger partial charge in [-0.2, -0.15) is 0 Å². The number of furan rings is 1. The van der Waals surface area contributed by atoms with Crippen molar-refractivity contribution < 1.29 is 4.42 Å². The summed E-state index contributed by atoms with van der Waals surface area (Å²) in [5.74, 6) is 0. The number of pyridine rings is 1. The maximum absolute atomic E-state index is 6.25. The monoisotopic (exact) mass is 562 g/mol. The van der Waals surface area contributed by atoms with Crippen LogP contribution in [0.15, 0.2) is 156 Å². The third-order valence-corrected chi connectivity index (χ3v) is 8.62. The second-order valence-corrected chi connectivity index (χ2v) is 11.2. The number of hydrogen-bond donors (Lipinski definition) is 0. The van der Waals surface area contributed by atoms with E-state index in [1.807, 2.05) is 18.2 Å². The smallest absolute Gasteiger partial charge is 0.136 e. The van der Waals surface area contributed by atoms with E-state index in [2.05, 4.69) is 145 Å². The Hall–Kier alpha value is -5.93. The van der Waals surface area contributed by atoms with Gasteiger partial charge < -0.3 is 9.32 Å². The lowest BCUT2D eigenvalue weighted by Gasteiger charge is -2.27. The van der Waals surface area contributed by atoms with Crippen molar-refractivity contribution in [1.82, 2.24) is 4.98 Å². The highest BCUT2D eigenvalue weighted by molar-refractivity contribution is 6.20. The molecule has 0 saturated heterocycles. The first-order chi connectivity index (χ1) is 21.8. The summed E-state index contributed by atoms with van der Waals surface area (Å²) in [6.45, 7) is 0. The van der Waals surface area contributed by atoms with Crippen LogP contribution in [-0.4, -0.2) is 4.98 Å². The van der Waals surface area contributed by atoms with Gasteiger partial charge in [0.2, 0.25) is 0 Å². The summed E-state index contributed by atoms with van der Waals surface area (Å²) in [6, 6.07) is 51.0. The highest BCUT2D eigenvalue weighted by atomic mass is 16.3. The van der Waals surface area contributed by atoms with Gasteiger partial charge in [0.25, 0.3) is 0 Å². The SMILES string of the molecule is C1=CN(c2ccc(-c3cc(-c4ccccc4)cc(-c4ccccc4)n3)cc2)c2cccc3cc4oc5ccccc5c4c1c23. The first-order valence-electron chi connectivity index (χ1n) is 14.9. The van der Waals surface area contributed by atoms with E-state index in [0.717, 1.165) is 56.0 Å². The molecule has 3 nitrogen and oxygen atoms in total. The van der Waals surface area contributed by atoms with Gasteiger partial charge >= 0.3 is 0 Å². The van der Waals surface area contributed by atoms with Crippen molar-refractivity contribution in [3.8, 4) is 33.6 Å². The minimum absolute atomic E-state index is 0.919. The highest BCUT2D eigenvalue weighted by Crippen LogP contribution is 2.44. The molecule has 0 amide bonds. The summed E-state index contributed by atoms with van der Waals surface area (Å²) in [5.41, 5.74) is 11.7. The number of anilines is 2. The highest BCUT2D eigenvalue weighted by Gasteiger charge is 2.21. The molecule has 3 heteroatoms. The molecule has 9 rings (SSSR count). The molecule has 2 aromatic heterocycles. The third kappa shape index (κ3) is 3.94. The number of para-hydroxylation sites is 1. The summed E-state index contributed by atoms with van der Waals surface area (Å²) in [7, 11) is 0. The molecule has 0 bridgehead atoms. The number of aromatic nitrogens is 1. The van der Waals surface area contributed by atoms with Gasteiger partial charge in [0.1, 0.15) is 11.2 Å².